The summed E-state index contributed by atoms with van der Waals surface area (Å²) in [5.74, 6) is 0. The summed E-state index contributed by atoms with van der Waals surface area (Å²) in [6.07, 6.45) is -1.30. The number of halogens is 4. The van der Waals surface area contributed by atoms with Crippen LogP contribution in [0.3, 0.4) is 0 Å². The van der Waals surface area contributed by atoms with Gasteiger partial charge < -0.3 is 5.32 Å². The van der Waals surface area contributed by atoms with Crippen molar-refractivity contribution in [3.8, 4) is 16.9 Å². The number of nitrogens with zero attached hydrogens (tertiary/aromatic N) is 5. The van der Waals surface area contributed by atoms with Gasteiger partial charge >= 0.3 is 6.18 Å². The summed E-state index contributed by atoms with van der Waals surface area (Å²) in [5.41, 5.74) is 1.45. The quantitative estimate of drug-likeness (QED) is 0.698. The topological polar surface area (TPSA) is 58.9 Å². The Morgan fingerprint density at radius 3 is 2.48 bits per heavy atom. The van der Waals surface area contributed by atoms with Gasteiger partial charge in [0.2, 0.25) is 0 Å². The molecule has 2 aromatic heterocycles. The third-order valence-electron chi connectivity index (χ3n) is 4.78. The van der Waals surface area contributed by atoms with E-state index in [4.69, 9.17) is 11.6 Å². The number of piperazine rings is 1. The molecule has 29 heavy (non-hydrogen) atoms. The Morgan fingerprint density at radius 2 is 1.79 bits per heavy atom. The Hall–Kier alpha value is -2.49. The van der Waals surface area contributed by atoms with Crippen LogP contribution in [0.5, 0.6) is 0 Å². The van der Waals surface area contributed by atoms with Crippen molar-refractivity contribution in [2.24, 2.45) is 0 Å². The molecule has 1 saturated heterocycles. The second kappa shape index (κ2) is 8.10. The first kappa shape index (κ1) is 19.8. The van der Waals surface area contributed by atoms with Crippen molar-refractivity contribution >= 4 is 11.6 Å². The molecule has 10 heteroatoms. The van der Waals surface area contributed by atoms with Crippen LogP contribution >= 0.6 is 11.6 Å². The van der Waals surface area contributed by atoms with Gasteiger partial charge in [0.05, 0.1) is 22.0 Å². The van der Waals surface area contributed by atoms with Crippen LogP contribution < -0.4 is 5.32 Å². The van der Waals surface area contributed by atoms with Gasteiger partial charge in [0.15, 0.2) is 0 Å². The molecule has 0 saturated carbocycles. The molecule has 1 aliphatic heterocycles. The molecule has 0 unspecified atom stereocenters. The fraction of sp³-hybridized carbons (Fsp3) is 0.316. The van der Waals surface area contributed by atoms with E-state index in [2.05, 4.69) is 25.5 Å². The number of hydrogen-bond donors (Lipinski definition) is 1. The van der Waals surface area contributed by atoms with Crippen LogP contribution in [0.2, 0.25) is 5.02 Å². The maximum Gasteiger partial charge on any atom is 0.417 e. The molecular weight excluding hydrogens is 405 g/mol. The lowest BCUT2D eigenvalue weighted by molar-refractivity contribution is -0.137. The predicted octanol–water partition coefficient (Wildman–Crippen LogP) is 3.41. The van der Waals surface area contributed by atoms with Crippen LogP contribution in [-0.4, -0.2) is 51.1 Å². The third kappa shape index (κ3) is 4.26. The molecule has 0 amide bonds. The van der Waals surface area contributed by atoms with Crippen molar-refractivity contribution in [3.63, 3.8) is 0 Å². The standard InChI is InChI=1S/C19H18ClF3N6/c20-16-2-1-14(11-15(16)19(21,22)23)29-18(13-3-5-24-6-4-13)17(26-27-29)12-28-9-7-25-8-10-28/h1-6,11,25H,7-10,12H2. The highest BCUT2D eigenvalue weighted by atomic mass is 35.5. The first-order valence-electron chi connectivity index (χ1n) is 9.08. The SMILES string of the molecule is FC(F)(F)c1cc(-n2nnc(CN3CCNCC3)c2-c2ccncc2)ccc1Cl. The van der Waals surface area contributed by atoms with Crippen LogP contribution in [0.15, 0.2) is 42.7 Å². The highest BCUT2D eigenvalue weighted by molar-refractivity contribution is 6.31. The minimum atomic E-state index is -4.56. The molecule has 3 aromatic rings. The Bertz CT molecular complexity index is 983. The number of nitrogens with one attached hydrogen (secondary N) is 1. The Labute approximate surface area is 170 Å². The lowest BCUT2D eigenvalue weighted by Gasteiger charge is -2.26. The third-order valence-corrected chi connectivity index (χ3v) is 5.11. The minimum Gasteiger partial charge on any atom is -0.314 e. The highest BCUT2D eigenvalue weighted by Gasteiger charge is 2.34. The van der Waals surface area contributed by atoms with E-state index in [1.54, 1.807) is 24.5 Å². The monoisotopic (exact) mass is 422 g/mol. The van der Waals surface area contributed by atoms with Gasteiger partial charge in [-0.15, -0.1) is 5.10 Å². The second-order valence-corrected chi connectivity index (χ2v) is 7.13. The average Bonchev–Trinajstić information content (AvgIpc) is 3.12. The van der Waals surface area contributed by atoms with Crippen molar-refractivity contribution in [1.29, 1.82) is 0 Å². The maximum absolute atomic E-state index is 13.3. The van der Waals surface area contributed by atoms with Crippen molar-refractivity contribution in [2.45, 2.75) is 12.7 Å². The zero-order chi connectivity index (χ0) is 20.4. The smallest absolute Gasteiger partial charge is 0.314 e. The van der Waals surface area contributed by atoms with Crippen molar-refractivity contribution in [3.05, 3.63) is 59.0 Å². The summed E-state index contributed by atoms with van der Waals surface area (Å²) in [7, 11) is 0. The molecule has 0 atom stereocenters. The molecule has 1 N–H and O–H groups in total. The Kier molecular flexibility index (Phi) is 5.53. The van der Waals surface area contributed by atoms with Crippen LogP contribution in [0.4, 0.5) is 13.2 Å². The van der Waals surface area contributed by atoms with E-state index in [9.17, 15) is 13.2 Å². The first-order chi connectivity index (χ1) is 13.9. The summed E-state index contributed by atoms with van der Waals surface area (Å²) >= 11 is 5.77. The maximum atomic E-state index is 13.3. The van der Waals surface area contributed by atoms with Crippen molar-refractivity contribution in [2.75, 3.05) is 26.2 Å². The molecule has 1 aliphatic rings. The Morgan fingerprint density at radius 1 is 1.07 bits per heavy atom. The molecule has 1 fully saturated rings. The van der Waals surface area contributed by atoms with Gasteiger partial charge in [-0.05, 0) is 30.3 Å². The van der Waals surface area contributed by atoms with Crippen LogP contribution in [0.25, 0.3) is 16.9 Å². The number of alkyl halides is 3. The van der Waals surface area contributed by atoms with Gasteiger partial charge in [0.25, 0.3) is 0 Å². The largest absolute Gasteiger partial charge is 0.417 e. The van der Waals surface area contributed by atoms with Gasteiger partial charge in [-0.2, -0.15) is 13.2 Å². The van der Waals surface area contributed by atoms with E-state index in [1.807, 2.05) is 0 Å². The Balaban J connectivity index is 1.80. The lowest BCUT2D eigenvalue weighted by Crippen LogP contribution is -2.43. The number of rotatable bonds is 4. The summed E-state index contributed by atoms with van der Waals surface area (Å²) in [4.78, 5) is 6.26. The van der Waals surface area contributed by atoms with Gasteiger partial charge in [0.1, 0.15) is 5.69 Å². The average molecular weight is 423 g/mol. The van der Waals surface area contributed by atoms with Crippen molar-refractivity contribution in [1.82, 2.24) is 30.2 Å². The van der Waals surface area contributed by atoms with E-state index in [0.29, 0.717) is 17.9 Å². The molecule has 0 bridgehead atoms. The molecule has 1 aromatic carbocycles. The summed E-state index contributed by atoms with van der Waals surface area (Å²) in [5, 5.41) is 11.4. The van der Waals surface area contributed by atoms with Crippen LogP contribution in [0.1, 0.15) is 11.3 Å². The molecule has 3 heterocycles. The number of hydrogen-bond acceptors (Lipinski definition) is 5. The normalized spacial score (nSPS) is 15.6. The summed E-state index contributed by atoms with van der Waals surface area (Å²) in [6.45, 7) is 4.04. The van der Waals surface area contributed by atoms with Gasteiger partial charge in [0, 0.05) is 50.7 Å². The number of aromatic nitrogens is 4. The van der Waals surface area contributed by atoms with E-state index in [0.717, 1.165) is 37.8 Å². The summed E-state index contributed by atoms with van der Waals surface area (Å²) in [6, 6.07) is 7.31. The molecule has 0 aliphatic carbocycles. The highest BCUT2D eigenvalue weighted by Crippen LogP contribution is 2.36. The zero-order valence-electron chi connectivity index (χ0n) is 15.3. The molecule has 0 spiro atoms. The fourth-order valence-electron chi connectivity index (χ4n) is 3.34. The van der Waals surface area contributed by atoms with Gasteiger partial charge in [-0.25, -0.2) is 4.68 Å². The predicted molar refractivity (Wildman–Crippen MR) is 103 cm³/mol. The van der Waals surface area contributed by atoms with E-state index in [1.165, 1.54) is 16.8 Å². The second-order valence-electron chi connectivity index (χ2n) is 6.72. The van der Waals surface area contributed by atoms with E-state index >= 15 is 0 Å². The van der Waals surface area contributed by atoms with E-state index in [-0.39, 0.29) is 10.7 Å². The van der Waals surface area contributed by atoms with E-state index < -0.39 is 11.7 Å². The zero-order valence-corrected chi connectivity index (χ0v) is 16.1. The van der Waals surface area contributed by atoms with Crippen LogP contribution in [-0.2, 0) is 12.7 Å². The molecule has 0 radical (unpaired) electrons. The molecule has 152 valence electrons. The van der Waals surface area contributed by atoms with Crippen molar-refractivity contribution < 1.29 is 13.2 Å². The molecular formula is C19H18ClF3N6. The minimum absolute atomic E-state index is 0.243. The van der Waals surface area contributed by atoms with Gasteiger partial charge in [-0.3, -0.25) is 9.88 Å². The van der Waals surface area contributed by atoms with Crippen LogP contribution in [0, 0.1) is 0 Å². The summed E-state index contributed by atoms with van der Waals surface area (Å²) < 4.78 is 41.4. The lowest BCUT2D eigenvalue weighted by atomic mass is 10.1. The first-order valence-corrected chi connectivity index (χ1v) is 9.46. The molecule has 4 rings (SSSR count). The fourth-order valence-corrected chi connectivity index (χ4v) is 3.57. The van der Waals surface area contributed by atoms with Gasteiger partial charge in [-0.1, -0.05) is 16.8 Å². The molecule has 6 nitrogen and oxygen atoms in total. The number of benzene rings is 1. The number of pyridine rings is 1.